The van der Waals surface area contributed by atoms with Gasteiger partial charge in [0.05, 0.1) is 17.0 Å². The topological polar surface area (TPSA) is 100 Å². The van der Waals surface area contributed by atoms with Crippen molar-refractivity contribution in [1.82, 2.24) is 24.8 Å². The van der Waals surface area contributed by atoms with Gasteiger partial charge in [-0.3, -0.25) is 19.1 Å². The Bertz CT molecular complexity index is 1200. The summed E-state index contributed by atoms with van der Waals surface area (Å²) in [6.45, 7) is 2.01. The molecule has 29 heavy (non-hydrogen) atoms. The molecule has 3 aromatic rings. The minimum absolute atomic E-state index is 0.0827. The molecule has 0 fully saturated rings. The largest absolute Gasteiger partial charge is 0.350 e. The molecule has 1 atom stereocenters. The first-order valence-electron chi connectivity index (χ1n) is 8.99. The second-order valence-electron chi connectivity index (χ2n) is 7.07. The maximum atomic E-state index is 13.0. The number of carbonyl (C=O) groups excluding carboxylic acids is 1. The molecule has 9 heteroatoms. The van der Waals surface area contributed by atoms with E-state index in [-0.39, 0.29) is 22.6 Å². The molecular formula is C20H22ClN5O3. The number of rotatable bonds is 5. The Morgan fingerprint density at radius 2 is 2.03 bits per heavy atom. The molecular weight excluding hydrogens is 394 g/mol. The maximum absolute atomic E-state index is 13.0. The van der Waals surface area contributed by atoms with Crippen molar-refractivity contribution in [3.63, 3.8) is 0 Å². The van der Waals surface area contributed by atoms with Gasteiger partial charge in [0, 0.05) is 24.3 Å². The van der Waals surface area contributed by atoms with E-state index in [1.54, 1.807) is 19.1 Å². The van der Waals surface area contributed by atoms with Crippen LogP contribution in [0.4, 0.5) is 0 Å². The molecule has 2 aromatic heterocycles. The van der Waals surface area contributed by atoms with Gasteiger partial charge in [0.2, 0.25) is 0 Å². The maximum Gasteiger partial charge on any atom is 0.329 e. The fraction of sp³-hybridized carbons (Fsp3) is 0.300. The number of aromatic amines is 1. The van der Waals surface area contributed by atoms with Crippen LogP contribution < -0.4 is 16.6 Å². The highest BCUT2D eigenvalue weighted by molar-refractivity contribution is 6.30. The number of nitrogens with zero attached hydrogens (tertiary/aromatic N) is 3. The number of pyridine rings is 1. The number of nitrogens with one attached hydrogen (secondary N) is 2. The first kappa shape index (κ1) is 20.8. The molecule has 0 radical (unpaired) electrons. The number of amides is 1. The zero-order chi connectivity index (χ0) is 21.3. The van der Waals surface area contributed by atoms with Crippen LogP contribution in [0, 0.1) is 6.92 Å². The number of likely N-dealkylation sites (N-methyl/N-ethyl adjacent to an activating group) is 1. The van der Waals surface area contributed by atoms with E-state index >= 15 is 0 Å². The molecule has 1 aromatic carbocycles. The number of aromatic nitrogens is 3. The zero-order valence-electron chi connectivity index (χ0n) is 16.6. The summed E-state index contributed by atoms with van der Waals surface area (Å²) in [6, 6.07) is 8.87. The predicted molar refractivity (Wildman–Crippen MR) is 113 cm³/mol. The molecule has 0 aliphatic carbocycles. The first-order valence-corrected chi connectivity index (χ1v) is 9.37. The van der Waals surface area contributed by atoms with Crippen LogP contribution in [0.3, 0.4) is 0 Å². The third kappa shape index (κ3) is 4.23. The zero-order valence-corrected chi connectivity index (χ0v) is 17.4. The van der Waals surface area contributed by atoms with Crippen molar-refractivity contribution in [2.75, 3.05) is 20.6 Å². The van der Waals surface area contributed by atoms with Crippen molar-refractivity contribution in [3.8, 4) is 0 Å². The number of aryl methyl sites for hydroxylation is 2. The third-order valence-electron chi connectivity index (χ3n) is 4.76. The Morgan fingerprint density at radius 1 is 1.31 bits per heavy atom. The van der Waals surface area contributed by atoms with Crippen LogP contribution in [-0.4, -0.2) is 46.0 Å². The van der Waals surface area contributed by atoms with Gasteiger partial charge in [-0.25, -0.2) is 9.78 Å². The molecule has 3 rings (SSSR count). The lowest BCUT2D eigenvalue weighted by Gasteiger charge is -2.25. The van der Waals surface area contributed by atoms with Gasteiger partial charge in [0.1, 0.15) is 5.65 Å². The highest BCUT2D eigenvalue weighted by atomic mass is 35.5. The van der Waals surface area contributed by atoms with Crippen molar-refractivity contribution in [3.05, 3.63) is 73.0 Å². The molecule has 0 aliphatic heterocycles. The van der Waals surface area contributed by atoms with E-state index in [2.05, 4.69) is 15.3 Å². The predicted octanol–water partition coefficient (Wildman–Crippen LogP) is 1.62. The summed E-state index contributed by atoms with van der Waals surface area (Å²) in [6.07, 6.45) is 0. The average molecular weight is 416 g/mol. The van der Waals surface area contributed by atoms with E-state index in [0.717, 1.165) is 5.56 Å². The molecule has 0 unspecified atom stereocenters. The summed E-state index contributed by atoms with van der Waals surface area (Å²) >= 11 is 6.10. The van der Waals surface area contributed by atoms with Gasteiger partial charge >= 0.3 is 5.69 Å². The standard InChI is InChI=1S/C20H22ClN5O3/c1-11-8-14(16-17(23-11)26(4)20(29)24-19(16)28)18(27)22-10-15(25(2)3)12-6-5-7-13(21)9-12/h5-9,15H,10H2,1-4H3,(H,22,27)(H,24,28,29)/t15-/m1/s1. The Kier molecular flexibility index (Phi) is 5.86. The Balaban J connectivity index is 1.97. The average Bonchev–Trinajstić information content (AvgIpc) is 2.65. The molecule has 0 saturated carbocycles. The molecule has 0 bridgehead atoms. The lowest BCUT2D eigenvalue weighted by molar-refractivity contribution is 0.0943. The lowest BCUT2D eigenvalue weighted by Crippen LogP contribution is -2.36. The summed E-state index contributed by atoms with van der Waals surface area (Å²) in [5, 5.41) is 3.58. The van der Waals surface area contributed by atoms with E-state index in [4.69, 9.17) is 11.6 Å². The fourth-order valence-electron chi connectivity index (χ4n) is 3.24. The number of fused-ring (bicyclic) bond motifs is 1. The van der Waals surface area contributed by atoms with Crippen LogP contribution in [0.2, 0.25) is 5.02 Å². The highest BCUT2D eigenvalue weighted by Gasteiger charge is 2.20. The molecule has 2 N–H and O–H groups in total. The van der Waals surface area contributed by atoms with E-state index < -0.39 is 17.2 Å². The Morgan fingerprint density at radius 3 is 2.69 bits per heavy atom. The second-order valence-corrected chi connectivity index (χ2v) is 7.51. The quantitative estimate of drug-likeness (QED) is 0.659. The number of hydrogen-bond acceptors (Lipinski definition) is 5. The van der Waals surface area contributed by atoms with Crippen molar-refractivity contribution in [1.29, 1.82) is 0 Å². The van der Waals surface area contributed by atoms with Crippen molar-refractivity contribution < 1.29 is 4.79 Å². The number of carbonyl (C=O) groups is 1. The van der Waals surface area contributed by atoms with Gasteiger partial charge in [0.15, 0.2) is 0 Å². The smallest absolute Gasteiger partial charge is 0.329 e. The van der Waals surface area contributed by atoms with Crippen LogP contribution in [-0.2, 0) is 7.05 Å². The van der Waals surface area contributed by atoms with Gasteiger partial charge in [-0.1, -0.05) is 23.7 Å². The molecule has 0 aliphatic rings. The van der Waals surface area contributed by atoms with Crippen LogP contribution in [0.1, 0.15) is 27.7 Å². The lowest BCUT2D eigenvalue weighted by atomic mass is 10.1. The first-order chi connectivity index (χ1) is 13.7. The molecule has 8 nitrogen and oxygen atoms in total. The van der Waals surface area contributed by atoms with E-state index in [1.807, 2.05) is 37.2 Å². The highest BCUT2D eigenvalue weighted by Crippen LogP contribution is 2.21. The van der Waals surface area contributed by atoms with Gasteiger partial charge < -0.3 is 10.2 Å². The Hall–Kier alpha value is -2.97. The number of halogens is 1. The van der Waals surface area contributed by atoms with E-state index in [1.165, 1.54) is 11.6 Å². The molecule has 1 amide bonds. The van der Waals surface area contributed by atoms with Crippen molar-refractivity contribution in [2.45, 2.75) is 13.0 Å². The number of benzene rings is 1. The summed E-state index contributed by atoms with van der Waals surface area (Å²) < 4.78 is 1.22. The van der Waals surface area contributed by atoms with Crippen molar-refractivity contribution in [2.24, 2.45) is 7.05 Å². The minimum atomic E-state index is -0.639. The summed E-state index contributed by atoms with van der Waals surface area (Å²) in [5.41, 5.74) is 0.609. The van der Waals surface area contributed by atoms with E-state index in [0.29, 0.717) is 17.3 Å². The van der Waals surface area contributed by atoms with Gasteiger partial charge in [-0.15, -0.1) is 0 Å². The van der Waals surface area contributed by atoms with Crippen molar-refractivity contribution >= 4 is 28.5 Å². The second kappa shape index (κ2) is 8.18. The number of hydrogen-bond donors (Lipinski definition) is 2. The number of H-pyrrole nitrogens is 1. The van der Waals surface area contributed by atoms with Crippen LogP contribution >= 0.6 is 11.6 Å². The monoisotopic (exact) mass is 415 g/mol. The van der Waals surface area contributed by atoms with E-state index in [9.17, 15) is 14.4 Å². The summed E-state index contributed by atoms with van der Waals surface area (Å²) in [5.74, 6) is -0.418. The normalized spacial score (nSPS) is 12.3. The summed E-state index contributed by atoms with van der Waals surface area (Å²) in [4.78, 5) is 45.7. The van der Waals surface area contributed by atoms with Crippen LogP contribution in [0.15, 0.2) is 39.9 Å². The van der Waals surface area contributed by atoms with Crippen LogP contribution in [0.25, 0.3) is 11.0 Å². The summed E-state index contributed by atoms with van der Waals surface area (Å²) in [7, 11) is 5.31. The fourth-order valence-corrected chi connectivity index (χ4v) is 3.44. The van der Waals surface area contributed by atoms with Gasteiger partial charge in [-0.2, -0.15) is 0 Å². The van der Waals surface area contributed by atoms with Crippen LogP contribution in [0.5, 0.6) is 0 Å². The van der Waals surface area contributed by atoms with Gasteiger partial charge in [-0.05, 0) is 44.8 Å². The molecule has 2 heterocycles. The molecule has 152 valence electrons. The molecule has 0 spiro atoms. The minimum Gasteiger partial charge on any atom is -0.350 e. The van der Waals surface area contributed by atoms with Gasteiger partial charge in [0.25, 0.3) is 11.5 Å². The Labute approximate surface area is 172 Å². The SMILES string of the molecule is Cc1cc(C(=O)NC[C@H](c2cccc(Cl)c2)N(C)C)c2c(=O)[nH]c(=O)n(C)c2n1. The third-order valence-corrected chi connectivity index (χ3v) is 4.99. The molecule has 0 saturated heterocycles.